The van der Waals surface area contributed by atoms with Crippen LogP contribution in [-0.2, 0) is 0 Å². The lowest BCUT2D eigenvalue weighted by molar-refractivity contribution is 0.406. The molecule has 0 aromatic rings. The van der Waals surface area contributed by atoms with Gasteiger partial charge in [-0.25, -0.2) is 0 Å². The first-order chi connectivity index (χ1) is 6.43. The summed E-state index contributed by atoms with van der Waals surface area (Å²) in [4.78, 5) is 0. The fourth-order valence-electron chi connectivity index (χ4n) is 2.28. The molecule has 0 aliphatic heterocycles. The van der Waals surface area contributed by atoms with Gasteiger partial charge in [-0.05, 0) is 18.8 Å². The van der Waals surface area contributed by atoms with Crippen molar-refractivity contribution in [3.05, 3.63) is 6.42 Å². The summed E-state index contributed by atoms with van der Waals surface area (Å²) in [6, 6.07) is 0. The van der Waals surface area contributed by atoms with Crippen LogP contribution in [0.3, 0.4) is 0 Å². The molecular formula is C13H25. The van der Waals surface area contributed by atoms with E-state index in [0.717, 1.165) is 5.92 Å². The molecule has 0 atom stereocenters. The van der Waals surface area contributed by atoms with Crippen molar-refractivity contribution in [2.45, 2.75) is 71.1 Å². The second-order valence-corrected chi connectivity index (χ2v) is 4.48. The van der Waals surface area contributed by atoms with Gasteiger partial charge in [-0.15, -0.1) is 0 Å². The molecule has 1 radical (unpaired) electrons. The highest BCUT2D eigenvalue weighted by Crippen LogP contribution is 2.25. The minimum Gasteiger partial charge on any atom is -0.0654 e. The SMILES string of the molecule is CCCC[CH]C1CCCCCCC1. The Morgan fingerprint density at radius 2 is 1.62 bits per heavy atom. The van der Waals surface area contributed by atoms with E-state index < -0.39 is 0 Å². The molecule has 0 bridgehead atoms. The third-order valence-electron chi connectivity index (χ3n) is 3.21. The number of unbranched alkanes of at least 4 members (excludes halogenated alkanes) is 2. The Morgan fingerprint density at radius 1 is 1.00 bits per heavy atom. The fourth-order valence-corrected chi connectivity index (χ4v) is 2.28. The van der Waals surface area contributed by atoms with Crippen LogP contribution in [0.1, 0.15) is 71.1 Å². The zero-order valence-corrected chi connectivity index (χ0v) is 9.23. The molecule has 0 spiro atoms. The lowest BCUT2D eigenvalue weighted by atomic mass is 9.87. The van der Waals surface area contributed by atoms with Gasteiger partial charge in [0.2, 0.25) is 0 Å². The van der Waals surface area contributed by atoms with Crippen molar-refractivity contribution in [3.63, 3.8) is 0 Å². The van der Waals surface area contributed by atoms with E-state index in [4.69, 9.17) is 0 Å². The molecule has 0 heterocycles. The Kier molecular flexibility index (Phi) is 6.31. The highest BCUT2D eigenvalue weighted by atomic mass is 14.2. The minimum atomic E-state index is 0.965. The van der Waals surface area contributed by atoms with Crippen LogP contribution in [0.15, 0.2) is 0 Å². The summed E-state index contributed by atoms with van der Waals surface area (Å²) in [6.07, 6.45) is 17.1. The minimum absolute atomic E-state index is 0.965. The van der Waals surface area contributed by atoms with Gasteiger partial charge >= 0.3 is 0 Å². The van der Waals surface area contributed by atoms with E-state index in [1.165, 1.54) is 64.2 Å². The number of rotatable bonds is 4. The molecule has 1 saturated carbocycles. The maximum Gasteiger partial charge on any atom is -0.0355 e. The van der Waals surface area contributed by atoms with Gasteiger partial charge in [0, 0.05) is 0 Å². The highest BCUT2D eigenvalue weighted by molar-refractivity contribution is 4.77. The Hall–Kier alpha value is 0. The van der Waals surface area contributed by atoms with Crippen LogP contribution < -0.4 is 0 Å². The first-order valence-electron chi connectivity index (χ1n) is 6.27. The molecule has 0 N–H and O–H groups in total. The van der Waals surface area contributed by atoms with Crippen molar-refractivity contribution < 1.29 is 0 Å². The average Bonchev–Trinajstić information content (AvgIpc) is 2.08. The van der Waals surface area contributed by atoms with Crippen molar-refractivity contribution in [1.29, 1.82) is 0 Å². The Bertz CT molecular complexity index is 98.6. The maximum atomic E-state index is 2.61. The molecule has 1 aliphatic rings. The topological polar surface area (TPSA) is 0 Å². The van der Waals surface area contributed by atoms with Crippen LogP contribution in [0.4, 0.5) is 0 Å². The first-order valence-corrected chi connectivity index (χ1v) is 6.27. The molecule has 1 rings (SSSR count). The van der Waals surface area contributed by atoms with Crippen molar-refractivity contribution in [2.75, 3.05) is 0 Å². The second-order valence-electron chi connectivity index (χ2n) is 4.48. The van der Waals surface area contributed by atoms with Crippen molar-refractivity contribution in [3.8, 4) is 0 Å². The standard InChI is InChI=1S/C13H25/c1-2-3-7-10-13-11-8-5-4-6-9-12-13/h10,13H,2-9,11-12H2,1H3. The zero-order valence-electron chi connectivity index (χ0n) is 9.23. The summed E-state index contributed by atoms with van der Waals surface area (Å²) >= 11 is 0. The van der Waals surface area contributed by atoms with E-state index >= 15 is 0 Å². The summed E-state index contributed by atoms with van der Waals surface area (Å²) < 4.78 is 0. The summed E-state index contributed by atoms with van der Waals surface area (Å²) in [5.74, 6) is 0.965. The monoisotopic (exact) mass is 181 g/mol. The molecule has 0 amide bonds. The number of hydrogen-bond donors (Lipinski definition) is 0. The smallest absolute Gasteiger partial charge is 0.0355 e. The molecule has 0 heteroatoms. The molecule has 0 saturated heterocycles. The fraction of sp³-hybridized carbons (Fsp3) is 0.923. The molecule has 1 aliphatic carbocycles. The highest BCUT2D eigenvalue weighted by Gasteiger charge is 2.10. The normalized spacial score (nSPS) is 21.0. The maximum absolute atomic E-state index is 2.61. The van der Waals surface area contributed by atoms with E-state index in [1.54, 1.807) is 0 Å². The summed E-state index contributed by atoms with van der Waals surface area (Å²) in [5.41, 5.74) is 0. The van der Waals surface area contributed by atoms with Gasteiger partial charge in [-0.3, -0.25) is 0 Å². The Labute approximate surface area is 84.1 Å². The summed E-state index contributed by atoms with van der Waals surface area (Å²) in [5, 5.41) is 0. The molecule has 13 heavy (non-hydrogen) atoms. The predicted molar refractivity (Wildman–Crippen MR) is 59.6 cm³/mol. The second kappa shape index (κ2) is 7.41. The largest absolute Gasteiger partial charge is 0.0654 e. The number of hydrogen-bond acceptors (Lipinski definition) is 0. The molecule has 0 aromatic carbocycles. The molecule has 1 fully saturated rings. The Morgan fingerprint density at radius 3 is 2.23 bits per heavy atom. The van der Waals surface area contributed by atoms with E-state index in [9.17, 15) is 0 Å². The summed E-state index contributed by atoms with van der Waals surface area (Å²) in [6.45, 7) is 2.28. The quantitative estimate of drug-likeness (QED) is 0.549. The van der Waals surface area contributed by atoms with Crippen molar-refractivity contribution in [1.82, 2.24) is 0 Å². The van der Waals surface area contributed by atoms with Gasteiger partial charge < -0.3 is 0 Å². The third kappa shape index (κ3) is 5.33. The van der Waals surface area contributed by atoms with Gasteiger partial charge in [-0.1, -0.05) is 64.7 Å². The molecule has 0 aromatic heterocycles. The Balaban J connectivity index is 2.06. The van der Waals surface area contributed by atoms with E-state index in [-0.39, 0.29) is 0 Å². The van der Waals surface area contributed by atoms with Gasteiger partial charge in [0.05, 0.1) is 0 Å². The van der Waals surface area contributed by atoms with Gasteiger partial charge in [0.25, 0.3) is 0 Å². The van der Waals surface area contributed by atoms with E-state index in [2.05, 4.69) is 13.3 Å². The lowest BCUT2D eigenvalue weighted by Gasteiger charge is -2.18. The third-order valence-corrected chi connectivity index (χ3v) is 3.21. The van der Waals surface area contributed by atoms with E-state index in [0.29, 0.717) is 0 Å². The van der Waals surface area contributed by atoms with E-state index in [1.807, 2.05) is 0 Å². The molecule has 0 unspecified atom stereocenters. The van der Waals surface area contributed by atoms with Crippen LogP contribution in [0.25, 0.3) is 0 Å². The van der Waals surface area contributed by atoms with Crippen LogP contribution in [0.5, 0.6) is 0 Å². The van der Waals surface area contributed by atoms with Crippen molar-refractivity contribution in [2.24, 2.45) is 5.92 Å². The van der Waals surface area contributed by atoms with Crippen LogP contribution in [0.2, 0.25) is 0 Å². The van der Waals surface area contributed by atoms with Crippen molar-refractivity contribution >= 4 is 0 Å². The average molecular weight is 181 g/mol. The molecule has 0 nitrogen and oxygen atoms in total. The first kappa shape index (κ1) is 11.1. The van der Waals surface area contributed by atoms with Crippen LogP contribution in [-0.4, -0.2) is 0 Å². The lowest BCUT2D eigenvalue weighted by Crippen LogP contribution is -2.04. The van der Waals surface area contributed by atoms with Gasteiger partial charge in [0.1, 0.15) is 0 Å². The van der Waals surface area contributed by atoms with Gasteiger partial charge in [-0.2, -0.15) is 0 Å². The molecule has 77 valence electrons. The zero-order chi connectivity index (χ0) is 9.36. The van der Waals surface area contributed by atoms with Crippen LogP contribution >= 0.6 is 0 Å². The predicted octanol–water partition coefficient (Wildman–Crippen LogP) is 4.74. The molecular weight excluding hydrogens is 156 g/mol. The van der Waals surface area contributed by atoms with Crippen LogP contribution in [0, 0.1) is 12.3 Å². The van der Waals surface area contributed by atoms with Gasteiger partial charge in [0.15, 0.2) is 0 Å². The summed E-state index contributed by atoms with van der Waals surface area (Å²) in [7, 11) is 0.